The molecule has 1 amide bonds. The van der Waals surface area contributed by atoms with Crippen LogP contribution in [-0.2, 0) is 9.53 Å². The van der Waals surface area contributed by atoms with Crippen LogP contribution in [-0.4, -0.2) is 60.4 Å². The minimum absolute atomic E-state index is 0.0213. The molecule has 1 saturated heterocycles. The van der Waals surface area contributed by atoms with Gasteiger partial charge in [0, 0.05) is 12.6 Å². The summed E-state index contributed by atoms with van der Waals surface area (Å²) in [6, 6.07) is 0.658. The molecule has 5 nitrogen and oxygen atoms in total. The van der Waals surface area contributed by atoms with Gasteiger partial charge in [-0.25, -0.2) is 0 Å². The Labute approximate surface area is 95.8 Å². The Morgan fingerprint density at radius 3 is 2.94 bits per heavy atom. The zero-order valence-electron chi connectivity index (χ0n) is 9.69. The first-order valence-electron chi connectivity index (χ1n) is 5.96. The van der Waals surface area contributed by atoms with Gasteiger partial charge >= 0.3 is 0 Å². The van der Waals surface area contributed by atoms with Gasteiger partial charge in [0.1, 0.15) is 0 Å². The maximum atomic E-state index is 11.9. The minimum Gasteiger partial charge on any atom is -0.394 e. The first-order chi connectivity index (χ1) is 7.70. The number of ether oxygens (including phenoxy) is 1. The summed E-state index contributed by atoms with van der Waals surface area (Å²) in [5, 5.41) is 12.2. The van der Waals surface area contributed by atoms with Crippen molar-refractivity contribution in [1.82, 2.24) is 10.2 Å². The maximum Gasteiger partial charge on any atom is 0.236 e. The van der Waals surface area contributed by atoms with E-state index in [1.54, 1.807) is 4.90 Å². The van der Waals surface area contributed by atoms with E-state index in [0.717, 1.165) is 0 Å². The van der Waals surface area contributed by atoms with Crippen molar-refractivity contribution in [3.8, 4) is 0 Å². The number of hydrogen-bond acceptors (Lipinski definition) is 4. The van der Waals surface area contributed by atoms with Crippen molar-refractivity contribution in [1.29, 1.82) is 0 Å². The summed E-state index contributed by atoms with van der Waals surface area (Å²) in [5.74, 6) is 0.112. The van der Waals surface area contributed by atoms with Crippen LogP contribution in [0.5, 0.6) is 0 Å². The Hall–Kier alpha value is -0.650. The van der Waals surface area contributed by atoms with E-state index in [1.165, 1.54) is 12.8 Å². The number of aliphatic hydroxyl groups is 1. The van der Waals surface area contributed by atoms with E-state index in [1.807, 2.05) is 6.92 Å². The lowest BCUT2D eigenvalue weighted by Crippen LogP contribution is -2.54. The molecule has 0 radical (unpaired) electrons. The Morgan fingerprint density at radius 1 is 1.56 bits per heavy atom. The van der Waals surface area contributed by atoms with Gasteiger partial charge in [-0.1, -0.05) is 0 Å². The van der Waals surface area contributed by atoms with Crippen LogP contribution in [0.1, 0.15) is 19.8 Å². The molecule has 92 valence electrons. The molecule has 1 aliphatic carbocycles. The van der Waals surface area contributed by atoms with Gasteiger partial charge in [-0.15, -0.1) is 0 Å². The van der Waals surface area contributed by atoms with Gasteiger partial charge in [0.05, 0.1) is 31.9 Å². The van der Waals surface area contributed by atoms with Gasteiger partial charge in [-0.05, 0) is 19.8 Å². The van der Waals surface area contributed by atoms with E-state index >= 15 is 0 Å². The van der Waals surface area contributed by atoms with E-state index in [0.29, 0.717) is 25.7 Å². The van der Waals surface area contributed by atoms with E-state index in [9.17, 15) is 4.79 Å². The molecule has 0 aromatic heterocycles. The molecule has 2 rings (SSSR count). The molecule has 2 aliphatic rings. The first-order valence-corrected chi connectivity index (χ1v) is 5.96. The van der Waals surface area contributed by atoms with Crippen molar-refractivity contribution < 1.29 is 14.6 Å². The van der Waals surface area contributed by atoms with Gasteiger partial charge in [-0.3, -0.25) is 4.79 Å². The van der Waals surface area contributed by atoms with E-state index < -0.39 is 0 Å². The molecule has 1 saturated carbocycles. The van der Waals surface area contributed by atoms with Gasteiger partial charge < -0.3 is 20.1 Å². The third-order valence-electron chi connectivity index (χ3n) is 3.15. The lowest BCUT2D eigenvalue weighted by atomic mass is 10.2. The average molecular weight is 228 g/mol. The number of morpholine rings is 1. The summed E-state index contributed by atoms with van der Waals surface area (Å²) in [6.45, 7) is 3.38. The van der Waals surface area contributed by atoms with Crippen LogP contribution < -0.4 is 5.32 Å². The Bertz CT molecular complexity index is 256. The fourth-order valence-corrected chi connectivity index (χ4v) is 1.90. The Balaban J connectivity index is 1.81. The summed E-state index contributed by atoms with van der Waals surface area (Å²) in [7, 11) is 0. The zero-order chi connectivity index (χ0) is 11.5. The molecular formula is C11H20N2O3. The fourth-order valence-electron chi connectivity index (χ4n) is 1.90. The number of nitrogens with zero attached hydrogens (tertiary/aromatic N) is 1. The lowest BCUT2D eigenvalue weighted by Gasteiger charge is -2.37. The molecule has 0 aromatic carbocycles. The van der Waals surface area contributed by atoms with E-state index in [-0.39, 0.29) is 24.7 Å². The summed E-state index contributed by atoms with van der Waals surface area (Å²) in [6.07, 6.45) is 2.15. The van der Waals surface area contributed by atoms with Crippen LogP contribution >= 0.6 is 0 Å². The summed E-state index contributed by atoms with van der Waals surface area (Å²) in [5.41, 5.74) is 0. The molecule has 16 heavy (non-hydrogen) atoms. The number of nitrogens with one attached hydrogen (secondary N) is 1. The second-order valence-electron chi connectivity index (χ2n) is 4.69. The second kappa shape index (κ2) is 5.12. The third kappa shape index (κ3) is 2.93. The highest BCUT2D eigenvalue weighted by atomic mass is 16.5. The van der Waals surface area contributed by atoms with Crippen molar-refractivity contribution >= 4 is 5.91 Å². The molecule has 2 N–H and O–H groups in total. The predicted octanol–water partition coefficient (Wildman–Crippen LogP) is -0.653. The summed E-state index contributed by atoms with van der Waals surface area (Å²) < 4.78 is 5.39. The monoisotopic (exact) mass is 228 g/mol. The highest BCUT2D eigenvalue weighted by Crippen LogP contribution is 2.18. The number of hydrogen-bond donors (Lipinski definition) is 2. The van der Waals surface area contributed by atoms with Gasteiger partial charge in [0.2, 0.25) is 5.91 Å². The average Bonchev–Trinajstić information content (AvgIpc) is 3.10. The topological polar surface area (TPSA) is 61.8 Å². The van der Waals surface area contributed by atoms with Crippen LogP contribution in [0.15, 0.2) is 0 Å². The molecular weight excluding hydrogens is 208 g/mol. The molecule has 0 aromatic rings. The molecule has 2 unspecified atom stereocenters. The number of carbonyl (C=O) groups excluding carboxylic acids is 1. The highest BCUT2D eigenvalue weighted by molar-refractivity contribution is 5.78. The summed E-state index contributed by atoms with van der Waals surface area (Å²) >= 11 is 0. The standard InChI is InChI=1S/C11H20N2O3/c1-8-7-16-10(6-14)5-13(8)11(15)4-12-9-2-3-9/h8-10,12,14H,2-7H2,1H3. The lowest BCUT2D eigenvalue weighted by molar-refractivity contribution is -0.145. The molecule has 1 aliphatic heterocycles. The molecule has 2 fully saturated rings. The maximum absolute atomic E-state index is 11.9. The van der Waals surface area contributed by atoms with E-state index in [2.05, 4.69) is 5.32 Å². The minimum atomic E-state index is -0.221. The summed E-state index contributed by atoms with van der Waals surface area (Å²) in [4.78, 5) is 13.7. The van der Waals surface area contributed by atoms with Crippen LogP contribution in [0.25, 0.3) is 0 Å². The number of carbonyl (C=O) groups is 1. The Kier molecular flexibility index (Phi) is 3.78. The van der Waals surface area contributed by atoms with Gasteiger partial charge in [-0.2, -0.15) is 0 Å². The molecule has 0 spiro atoms. The fraction of sp³-hybridized carbons (Fsp3) is 0.909. The smallest absolute Gasteiger partial charge is 0.236 e. The van der Waals surface area contributed by atoms with Gasteiger partial charge in [0.25, 0.3) is 0 Å². The number of amides is 1. The normalized spacial score (nSPS) is 30.5. The second-order valence-corrected chi connectivity index (χ2v) is 4.69. The Morgan fingerprint density at radius 2 is 2.31 bits per heavy atom. The number of aliphatic hydroxyl groups excluding tert-OH is 1. The van der Waals surface area contributed by atoms with Crippen LogP contribution in [0.4, 0.5) is 0 Å². The molecule has 0 bridgehead atoms. The van der Waals surface area contributed by atoms with Crippen molar-refractivity contribution in [2.24, 2.45) is 0 Å². The van der Waals surface area contributed by atoms with Crippen LogP contribution in [0, 0.1) is 0 Å². The van der Waals surface area contributed by atoms with Crippen molar-refractivity contribution in [3.63, 3.8) is 0 Å². The van der Waals surface area contributed by atoms with Crippen LogP contribution in [0.3, 0.4) is 0 Å². The molecule has 1 heterocycles. The zero-order valence-corrected chi connectivity index (χ0v) is 9.69. The molecule has 5 heteroatoms. The third-order valence-corrected chi connectivity index (χ3v) is 3.15. The van der Waals surface area contributed by atoms with Crippen LogP contribution in [0.2, 0.25) is 0 Å². The largest absolute Gasteiger partial charge is 0.394 e. The van der Waals surface area contributed by atoms with Crippen molar-refractivity contribution in [2.45, 2.75) is 38.0 Å². The predicted molar refractivity (Wildman–Crippen MR) is 59.0 cm³/mol. The van der Waals surface area contributed by atoms with Crippen molar-refractivity contribution in [3.05, 3.63) is 0 Å². The van der Waals surface area contributed by atoms with Gasteiger partial charge in [0.15, 0.2) is 0 Å². The van der Waals surface area contributed by atoms with Crippen molar-refractivity contribution in [2.75, 3.05) is 26.3 Å². The molecule has 2 atom stereocenters. The number of rotatable bonds is 4. The van der Waals surface area contributed by atoms with E-state index in [4.69, 9.17) is 9.84 Å². The highest BCUT2D eigenvalue weighted by Gasteiger charge is 2.30. The SMILES string of the molecule is CC1COC(CO)CN1C(=O)CNC1CC1. The quantitative estimate of drug-likeness (QED) is 0.671. The first kappa shape index (κ1) is 11.8.